The molecule has 0 aliphatic carbocycles. The number of aliphatic hydroxyl groups excluding tert-OH is 1. The van der Waals surface area contributed by atoms with Gasteiger partial charge >= 0.3 is 36.3 Å². The average molecular weight is 563 g/mol. The second-order valence-electron chi connectivity index (χ2n) is 6.12. The Balaban J connectivity index is 6.43. The van der Waals surface area contributed by atoms with E-state index < -0.39 is 66.0 Å². The minimum Gasteiger partial charge on any atom is -0.395 e. The highest BCUT2D eigenvalue weighted by Gasteiger charge is 2.78. The predicted octanol–water partition coefficient (Wildman–Crippen LogP) is 5.75. The first-order valence-electron chi connectivity index (χ1n) is 7.54. The summed E-state index contributed by atoms with van der Waals surface area (Å²) in [6.07, 6.45) is -34.0. The Morgan fingerprint density at radius 3 is 1.06 bits per heavy atom. The topological polar surface area (TPSA) is 38.7 Å². The molecule has 31 heavy (non-hydrogen) atoms. The van der Waals surface area contributed by atoms with Crippen LogP contribution in [0.2, 0.25) is 0 Å². The minimum absolute atomic E-state index is 0.266. The first-order chi connectivity index (χ1) is 13.4. The van der Waals surface area contributed by atoms with Crippen LogP contribution in [0.5, 0.6) is 0 Å². The lowest BCUT2D eigenvalue weighted by Gasteiger charge is -2.44. The average Bonchev–Trinajstić information content (AvgIpc) is 2.52. The SMILES string of the molecule is CC(F)C(F)(F)C(F)(F)OC(F)(F)C(CO)(CBr)C(F)(F)OC(F)(F)C(F)(F)C(C)F. The van der Waals surface area contributed by atoms with Gasteiger partial charge in [0.1, 0.15) is 0 Å². The lowest BCUT2D eigenvalue weighted by molar-refractivity contribution is -0.517. The van der Waals surface area contributed by atoms with Gasteiger partial charge in [0.2, 0.25) is 0 Å². The van der Waals surface area contributed by atoms with Crippen LogP contribution in [0.3, 0.4) is 0 Å². The number of alkyl halides is 15. The van der Waals surface area contributed by atoms with Crippen molar-refractivity contribution in [1.29, 1.82) is 0 Å². The van der Waals surface area contributed by atoms with E-state index in [1.165, 1.54) is 0 Å². The van der Waals surface area contributed by atoms with Crippen molar-refractivity contribution in [2.45, 2.75) is 62.5 Å². The fraction of sp³-hybridized carbons (Fsp3) is 1.00. The molecule has 0 spiro atoms. The zero-order valence-corrected chi connectivity index (χ0v) is 16.6. The quantitative estimate of drug-likeness (QED) is 0.243. The molecule has 0 rings (SSSR count). The van der Waals surface area contributed by atoms with E-state index in [4.69, 9.17) is 5.11 Å². The van der Waals surface area contributed by atoms with E-state index in [1.807, 2.05) is 0 Å². The van der Waals surface area contributed by atoms with Crippen molar-refractivity contribution in [3.63, 3.8) is 0 Å². The lowest BCUT2D eigenvalue weighted by atomic mass is 9.88. The lowest BCUT2D eigenvalue weighted by Crippen LogP contribution is -2.66. The number of halogens is 15. The molecule has 0 aromatic carbocycles. The van der Waals surface area contributed by atoms with Gasteiger partial charge in [-0.2, -0.15) is 52.7 Å². The molecule has 0 aromatic rings. The van der Waals surface area contributed by atoms with Gasteiger partial charge in [-0.15, -0.1) is 0 Å². The summed E-state index contributed by atoms with van der Waals surface area (Å²) in [4.78, 5) is 0. The van der Waals surface area contributed by atoms with Crippen LogP contribution >= 0.6 is 15.9 Å². The highest BCUT2D eigenvalue weighted by atomic mass is 79.9. The molecule has 18 heteroatoms. The molecule has 3 nitrogen and oxygen atoms in total. The summed E-state index contributed by atoms with van der Waals surface area (Å²) < 4.78 is 193. The smallest absolute Gasteiger partial charge is 0.395 e. The van der Waals surface area contributed by atoms with Crippen molar-refractivity contribution in [3.8, 4) is 0 Å². The molecule has 0 aliphatic rings. The molecule has 2 unspecified atom stereocenters. The molecule has 0 radical (unpaired) electrons. The molecule has 0 saturated heterocycles. The zero-order valence-electron chi connectivity index (χ0n) is 15.0. The first-order valence-corrected chi connectivity index (χ1v) is 8.66. The summed E-state index contributed by atoms with van der Waals surface area (Å²) in [5, 5.41) is 6.62. The van der Waals surface area contributed by atoms with Crippen molar-refractivity contribution >= 4 is 15.9 Å². The monoisotopic (exact) mass is 562 g/mol. The molecule has 188 valence electrons. The summed E-state index contributed by atoms with van der Waals surface area (Å²) in [6.45, 7) is -3.42. The molecule has 0 heterocycles. The molecule has 0 amide bonds. The third-order valence-corrected chi connectivity index (χ3v) is 4.86. The maximum absolute atomic E-state index is 14.1. The van der Waals surface area contributed by atoms with E-state index in [0.29, 0.717) is 0 Å². The Morgan fingerprint density at radius 1 is 0.645 bits per heavy atom. The molecule has 1 N–H and O–H groups in total. The van der Waals surface area contributed by atoms with Crippen molar-refractivity contribution < 1.29 is 76.0 Å². The molecule has 2 atom stereocenters. The van der Waals surface area contributed by atoms with Crippen LogP contribution in [0.25, 0.3) is 0 Å². The van der Waals surface area contributed by atoms with Crippen LogP contribution in [0.15, 0.2) is 0 Å². The van der Waals surface area contributed by atoms with Gasteiger partial charge in [-0.25, -0.2) is 18.3 Å². The number of rotatable bonds is 12. The molecule has 0 fully saturated rings. The standard InChI is InChI=1S/C13H13BrF14O3/c1-5(15)8(17,18)12(25,26)30-10(21,22)7(3-14,4-29)11(23,24)31-13(27,28)9(19,20)6(2)16/h5-6,29H,3-4H2,1-2H3. The third-order valence-electron chi connectivity index (χ3n) is 3.90. The van der Waals surface area contributed by atoms with Gasteiger partial charge in [0.25, 0.3) is 0 Å². The van der Waals surface area contributed by atoms with Crippen molar-refractivity contribution in [2.75, 3.05) is 11.9 Å². The predicted molar refractivity (Wildman–Crippen MR) is 76.3 cm³/mol. The van der Waals surface area contributed by atoms with Crippen molar-refractivity contribution in [1.82, 2.24) is 0 Å². The van der Waals surface area contributed by atoms with E-state index >= 15 is 0 Å². The van der Waals surface area contributed by atoms with Gasteiger partial charge < -0.3 is 5.11 Å². The van der Waals surface area contributed by atoms with Crippen LogP contribution in [0.4, 0.5) is 61.5 Å². The number of hydrogen-bond acceptors (Lipinski definition) is 3. The first kappa shape index (κ1) is 30.4. The fourth-order valence-electron chi connectivity index (χ4n) is 1.67. The van der Waals surface area contributed by atoms with E-state index in [-0.39, 0.29) is 13.8 Å². The highest BCUT2D eigenvalue weighted by molar-refractivity contribution is 9.09. The van der Waals surface area contributed by atoms with Crippen molar-refractivity contribution in [3.05, 3.63) is 0 Å². The summed E-state index contributed by atoms with van der Waals surface area (Å²) in [5.74, 6) is -12.2. The Kier molecular flexibility index (Phi) is 8.78. The van der Waals surface area contributed by atoms with Crippen LogP contribution in [0, 0.1) is 5.41 Å². The summed E-state index contributed by atoms with van der Waals surface area (Å²) >= 11 is 1.79. The van der Waals surface area contributed by atoms with Crippen LogP contribution < -0.4 is 0 Å². The van der Waals surface area contributed by atoms with Gasteiger partial charge in [-0.3, -0.25) is 0 Å². The largest absolute Gasteiger partial charge is 0.426 e. The molecule has 0 saturated carbocycles. The molecule has 0 bridgehead atoms. The van der Waals surface area contributed by atoms with Crippen LogP contribution in [0.1, 0.15) is 13.8 Å². The second-order valence-corrected chi connectivity index (χ2v) is 6.68. The number of hydrogen-bond donors (Lipinski definition) is 1. The zero-order chi connectivity index (χ0) is 25.5. The van der Waals surface area contributed by atoms with E-state index in [9.17, 15) is 61.5 Å². The number of ether oxygens (including phenoxy) is 2. The van der Waals surface area contributed by atoms with Crippen molar-refractivity contribution in [2.24, 2.45) is 5.41 Å². The maximum Gasteiger partial charge on any atom is 0.426 e. The fourth-order valence-corrected chi connectivity index (χ4v) is 2.50. The molecular formula is C13H13BrF14O3. The summed E-state index contributed by atoms with van der Waals surface area (Å²) in [5.41, 5.74) is -5.21. The van der Waals surface area contributed by atoms with Gasteiger partial charge in [0.15, 0.2) is 17.8 Å². The Morgan fingerprint density at radius 2 is 0.903 bits per heavy atom. The molecule has 0 aromatic heterocycles. The minimum atomic E-state index is -6.59. The summed E-state index contributed by atoms with van der Waals surface area (Å²) in [6, 6.07) is 0. The van der Waals surface area contributed by atoms with Gasteiger partial charge in [0, 0.05) is 5.33 Å². The van der Waals surface area contributed by atoms with Gasteiger partial charge in [-0.1, -0.05) is 15.9 Å². The maximum atomic E-state index is 14.1. The van der Waals surface area contributed by atoms with Gasteiger partial charge in [-0.05, 0) is 13.8 Å². The van der Waals surface area contributed by atoms with E-state index in [2.05, 4.69) is 9.47 Å². The van der Waals surface area contributed by atoms with Crippen LogP contribution in [-0.2, 0) is 9.47 Å². The Bertz CT molecular complexity index is 558. The van der Waals surface area contributed by atoms with Crippen LogP contribution in [-0.4, -0.2) is 65.7 Å². The molecular weight excluding hydrogens is 550 g/mol. The second kappa shape index (κ2) is 8.96. The van der Waals surface area contributed by atoms with E-state index in [0.717, 1.165) is 0 Å². The Hall–Kier alpha value is -0.620. The number of aliphatic hydroxyl groups is 1. The Labute approximate surface area is 172 Å². The summed E-state index contributed by atoms with van der Waals surface area (Å²) in [7, 11) is 0. The third kappa shape index (κ3) is 5.15. The normalized spacial score (nSPS) is 19.2. The highest BCUT2D eigenvalue weighted by Crippen LogP contribution is 2.56. The van der Waals surface area contributed by atoms with E-state index in [1.54, 1.807) is 15.9 Å². The van der Waals surface area contributed by atoms with Gasteiger partial charge in [0.05, 0.1) is 6.61 Å². The molecule has 0 aliphatic heterocycles.